The van der Waals surface area contributed by atoms with E-state index in [4.69, 9.17) is 4.74 Å². The van der Waals surface area contributed by atoms with Crippen molar-refractivity contribution in [3.05, 3.63) is 102 Å². The minimum atomic E-state index is -1.09. The zero-order chi connectivity index (χ0) is 28.0. The first-order valence-electron chi connectivity index (χ1n) is 12.9. The number of ether oxygens (including phenoxy) is 1. The number of hydrogen-bond donors (Lipinski definition) is 2. The molecule has 3 aromatic carbocycles. The highest BCUT2D eigenvalue weighted by molar-refractivity contribution is 5.96. The molecule has 0 saturated heterocycles. The Kier molecular flexibility index (Phi) is 8.39. The van der Waals surface area contributed by atoms with Crippen molar-refractivity contribution in [2.45, 2.75) is 45.6 Å². The Labute approximate surface area is 228 Å². The maximum atomic E-state index is 12.7. The highest BCUT2D eigenvalue weighted by Gasteiger charge is 2.22. The van der Waals surface area contributed by atoms with Crippen molar-refractivity contribution in [1.82, 2.24) is 15.3 Å². The summed E-state index contributed by atoms with van der Waals surface area (Å²) in [4.78, 5) is 33.6. The van der Waals surface area contributed by atoms with E-state index in [9.17, 15) is 14.7 Å². The van der Waals surface area contributed by atoms with E-state index in [0.717, 1.165) is 33.6 Å². The maximum Gasteiger partial charge on any atom is 0.326 e. The smallest absolute Gasteiger partial charge is 0.326 e. The van der Waals surface area contributed by atoms with Crippen LogP contribution in [-0.4, -0.2) is 39.6 Å². The molecule has 1 heterocycles. The number of rotatable bonds is 9. The molecule has 0 aliphatic carbocycles. The van der Waals surface area contributed by atoms with Gasteiger partial charge in [0.25, 0.3) is 5.91 Å². The summed E-state index contributed by atoms with van der Waals surface area (Å²) in [6, 6.07) is 21.3. The summed E-state index contributed by atoms with van der Waals surface area (Å²) in [5, 5.41) is 12.4. The molecule has 2 N–H and O–H groups in total. The van der Waals surface area contributed by atoms with Gasteiger partial charge in [0.1, 0.15) is 11.8 Å². The van der Waals surface area contributed by atoms with Crippen molar-refractivity contribution in [2.75, 3.05) is 6.61 Å². The van der Waals surface area contributed by atoms with Gasteiger partial charge in [-0.15, -0.1) is 0 Å². The van der Waals surface area contributed by atoms with Crippen molar-refractivity contribution in [3.63, 3.8) is 0 Å². The van der Waals surface area contributed by atoms with Gasteiger partial charge < -0.3 is 15.2 Å². The minimum Gasteiger partial charge on any atom is -0.494 e. The van der Waals surface area contributed by atoms with E-state index in [1.807, 2.05) is 67.6 Å². The largest absolute Gasteiger partial charge is 0.494 e. The SMILES string of the molecule is CCOc1ccc(-c2cnc(-c3ccc(C[C@H](NC(=O)c4ccc(C(C)(C)C)cc4)C(=O)O)cc3)nc2)cc1. The van der Waals surface area contributed by atoms with Crippen molar-refractivity contribution in [2.24, 2.45) is 0 Å². The van der Waals surface area contributed by atoms with Gasteiger partial charge in [0, 0.05) is 35.5 Å². The fourth-order valence-electron chi connectivity index (χ4n) is 4.13. The lowest BCUT2D eigenvalue weighted by Crippen LogP contribution is -2.42. The Bertz CT molecular complexity index is 1410. The lowest BCUT2D eigenvalue weighted by atomic mass is 9.86. The van der Waals surface area contributed by atoms with Gasteiger partial charge >= 0.3 is 5.97 Å². The van der Waals surface area contributed by atoms with E-state index >= 15 is 0 Å². The van der Waals surface area contributed by atoms with E-state index in [-0.39, 0.29) is 11.8 Å². The third-order valence-electron chi connectivity index (χ3n) is 6.42. The number of carbonyl (C=O) groups excluding carboxylic acids is 1. The number of carboxylic acid groups (broad SMARTS) is 1. The van der Waals surface area contributed by atoms with Gasteiger partial charge in [0.2, 0.25) is 0 Å². The van der Waals surface area contributed by atoms with Crippen LogP contribution in [0.15, 0.2) is 85.2 Å². The molecule has 39 heavy (non-hydrogen) atoms. The van der Waals surface area contributed by atoms with Crippen LogP contribution in [0.4, 0.5) is 0 Å². The maximum absolute atomic E-state index is 12.7. The second-order valence-electron chi connectivity index (χ2n) is 10.3. The summed E-state index contributed by atoms with van der Waals surface area (Å²) in [5.41, 5.74) is 4.97. The van der Waals surface area contributed by atoms with Gasteiger partial charge in [-0.1, -0.05) is 69.3 Å². The highest BCUT2D eigenvalue weighted by Crippen LogP contribution is 2.24. The third-order valence-corrected chi connectivity index (χ3v) is 6.42. The minimum absolute atomic E-state index is 0.0337. The molecule has 1 amide bonds. The third kappa shape index (κ3) is 7.08. The Morgan fingerprint density at radius 3 is 1.97 bits per heavy atom. The monoisotopic (exact) mass is 523 g/mol. The molecule has 0 unspecified atom stereocenters. The normalized spacial score (nSPS) is 12.0. The molecular weight excluding hydrogens is 490 g/mol. The summed E-state index contributed by atoms with van der Waals surface area (Å²) in [7, 11) is 0. The number of amides is 1. The van der Waals surface area contributed by atoms with Crippen molar-refractivity contribution < 1.29 is 19.4 Å². The predicted molar refractivity (Wildman–Crippen MR) is 152 cm³/mol. The first kappa shape index (κ1) is 27.5. The number of hydrogen-bond acceptors (Lipinski definition) is 5. The van der Waals surface area contributed by atoms with Crippen LogP contribution < -0.4 is 10.1 Å². The molecule has 0 aliphatic rings. The number of carboxylic acids is 1. The van der Waals surface area contributed by atoms with Crippen LogP contribution in [0.5, 0.6) is 5.75 Å². The topological polar surface area (TPSA) is 101 Å². The van der Waals surface area contributed by atoms with Gasteiger partial charge in [-0.05, 0) is 53.3 Å². The summed E-state index contributed by atoms with van der Waals surface area (Å²) in [6.07, 6.45) is 3.70. The summed E-state index contributed by atoms with van der Waals surface area (Å²) in [5.74, 6) is -0.121. The van der Waals surface area contributed by atoms with Gasteiger partial charge in [0.15, 0.2) is 5.82 Å². The van der Waals surface area contributed by atoms with Gasteiger partial charge in [-0.2, -0.15) is 0 Å². The van der Waals surface area contributed by atoms with E-state index < -0.39 is 17.9 Å². The molecule has 7 heteroatoms. The molecular formula is C32H33N3O4. The molecule has 0 spiro atoms. The molecule has 4 aromatic rings. The molecule has 7 nitrogen and oxygen atoms in total. The van der Waals surface area contributed by atoms with E-state index in [1.54, 1.807) is 24.5 Å². The quantitative estimate of drug-likeness (QED) is 0.282. The average Bonchev–Trinajstić information content (AvgIpc) is 2.93. The van der Waals surface area contributed by atoms with Gasteiger partial charge in [-0.25, -0.2) is 14.8 Å². The number of carbonyl (C=O) groups is 2. The molecule has 0 aliphatic heterocycles. The standard InChI is InChI=1S/C32H33N3O4/c1-5-39-27-16-12-22(13-17-27)25-19-33-29(34-20-25)23-8-6-21(7-9-23)18-28(31(37)38)35-30(36)24-10-14-26(15-11-24)32(2,3)4/h6-17,19-20,28H,5,18H2,1-4H3,(H,35,36)(H,37,38)/t28-/m0/s1. The fourth-order valence-corrected chi connectivity index (χ4v) is 4.13. The molecule has 200 valence electrons. The Hall–Kier alpha value is -4.52. The van der Waals surface area contributed by atoms with Crippen LogP contribution in [0.2, 0.25) is 0 Å². The number of benzene rings is 3. The second-order valence-corrected chi connectivity index (χ2v) is 10.3. The van der Waals surface area contributed by atoms with Crippen LogP contribution >= 0.6 is 0 Å². The number of aliphatic carboxylic acids is 1. The number of nitrogens with one attached hydrogen (secondary N) is 1. The predicted octanol–water partition coefficient (Wildman–Crippen LogP) is 5.93. The average molecular weight is 524 g/mol. The van der Waals surface area contributed by atoms with Crippen LogP contribution in [0, 0.1) is 0 Å². The van der Waals surface area contributed by atoms with Crippen molar-refractivity contribution in [3.8, 4) is 28.3 Å². The summed E-state index contributed by atoms with van der Waals surface area (Å²) in [6.45, 7) is 8.85. The summed E-state index contributed by atoms with van der Waals surface area (Å²) < 4.78 is 5.49. The second kappa shape index (κ2) is 11.9. The first-order chi connectivity index (χ1) is 18.6. The van der Waals surface area contributed by atoms with Crippen LogP contribution in [0.25, 0.3) is 22.5 Å². The summed E-state index contributed by atoms with van der Waals surface area (Å²) >= 11 is 0. The Morgan fingerprint density at radius 2 is 1.44 bits per heavy atom. The van der Waals surface area contributed by atoms with E-state index in [2.05, 4.69) is 36.1 Å². The Balaban J connectivity index is 1.40. The van der Waals surface area contributed by atoms with Crippen LogP contribution in [-0.2, 0) is 16.6 Å². The molecule has 0 bridgehead atoms. The van der Waals surface area contributed by atoms with Crippen LogP contribution in [0.1, 0.15) is 49.2 Å². The van der Waals surface area contributed by atoms with Crippen molar-refractivity contribution in [1.29, 1.82) is 0 Å². The number of aromatic nitrogens is 2. The van der Waals surface area contributed by atoms with Gasteiger partial charge in [0.05, 0.1) is 6.61 Å². The number of nitrogens with zero attached hydrogens (tertiary/aromatic N) is 2. The lowest BCUT2D eigenvalue weighted by molar-refractivity contribution is -0.139. The Morgan fingerprint density at radius 1 is 0.846 bits per heavy atom. The van der Waals surface area contributed by atoms with Gasteiger partial charge in [-0.3, -0.25) is 4.79 Å². The molecule has 0 fully saturated rings. The molecule has 1 atom stereocenters. The molecule has 0 radical (unpaired) electrons. The van der Waals surface area contributed by atoms with Crippen molar-refractivity contribution >= 4 is 11.9 Å². The molecule has 4 rings (SSSR count). The molecule has 1 aromatic heterocycles. The zero-order valence-corrected chi connectivity index (χ0v) is 22.6. The highest BCUT2D eigenvalue weighted by atomic mass is 16.5. The lowest BCUT2D eigenvalue weighted by Gasteiger charge is -2.19. The van der Waals surface area contributed by atoms with Crippen LogP contribution in [0.3, 0.4) is 0 Å². The molecule has 0 saturated carbocycles. The first-order valence-corrected chi connectivity index (χ1v) is 12.9. The van der Waals surface area contributed by atoms with E-state index in [0.29, 0.717) is 18.0 Å². The van der Waals surface area contributed by atoms with E-state index in [1.165, 1.54) is 0 Å². The zero-order valence-electron chi connectivity index (χ0n) is 22.6. The fraction of sp³-hybridized carbons (Fsp3) is 0.250.